The van der Waals surface area contributed by atoms with Crippen LogP contribution in [-0.4, -0.2) is 42.5 Å². The summed E-state index contributed by atoms with van der Waals surface area (Å²) in [4.78, 5) is 12.5. The Balaban J connectivity index is 2.68. The lowest BCUT2D eigenvalue weighted by Gasteiger charge is -2.38. The van der Waals surface area contributed by atoms with E-state index in [1.165, 1.54) is 0 Å². The summed E-state index contributed by atoms with van der Waals surface area (Å²) in [7, 11) is 1.86. The molecule has 1 fully saturated rings. The van der Waals surface area contributed by atoms with Gasteiger partial charge in [-0.05, 0) is 33.0 Å². The van der Waals surface area contributed by atoms with E-state index in [0.717, 1.165) is 0 Å². The molecule has 0 spiro atoms. The highest BCUT2D eigenvalue weighted by molar-refractivity contribution is 5.67. The first-order valence-corrected chi connectivity index (χ1v) is 4.65. The zero-order valence-electron chi connectivity index (χ0n) is 8.17. The van der Waals surface area contributed by atoms with E-state index < -0.39 is 24.2 Å². The van der Waals surface area contributed by atoms with Gasteiger partial charge < -0.3 is 10.0 Å². The van der Waals surface area contributed by atoms with Crippen molar-refractivity contribution < 1.29 is 18.7 Å². The average Bonchev–Trinajstić information content (AvgIpc) is 2.08. The topological polar surface area (TPSA) is 40.5 Å². The van der Waals surface area contributed by atoms with Crippen molar-refractivity contribution in [2.24, 2.45) is 5.41 Å². The van der Waals surface area contributed by atoms with Crippen LogP contribution >= 0.6 is 0 Å². The van der Waals surface area contributed by atoms with Crippen LogP contribution in [0.5, 0.6) is 0 Å². The van der Waals surface area contributed by atoms with E-state index in [-0.39, 0.29) is 12.8 Å². The summed E-state index contributed by atoms with van der Waals surface area (Å²) < 4.78 is 25.6. The number of hydrogen-bond donors (Lipinski definition) is 1. The lowest BCUT2D eigenvalue weighted by Crippen LogP contribution is -2.43. The van der Waals surface area contributed by atoms with Gasteiger partial charge in [0.15, 0.2) is 0 Å². The van der Waals surface area contributed by atoms with Gasteiger partial charge >= 0.3 is 5.97 Å². The lowest BCUT2D eigenvalue weighted by molar-refractivity contribution is -0.145. The number of alkyl halides is 2. The van der Waals surface area contributed by atoms with Crippen molar-refractivity contribution in [3.63, 3.8) is 0 Å². The number of piperidine rings is 1. The third-order valence-corrected chi connectivity index (χ3v) is 2.95. The summed E-state index contributed by atoms with van der Waals surface area (Å²) >= 11 is 0. The van der Waals surface area contributed by atoms with Gasteiger partial charge in [0.05, 0.1) is 6.42 Å². The Labute approximate surface area is 81.7 Å². The van der Waals surface area contributed by atoms with E-state index in [1.54, 1.807) is 0 Å². The maximum Gasteiger partial charge on any atom is 0.304 e. The first-order valence-electron chi connectivity index (χ1n) is 4.65. The zero-order chi connectivity index (χ0) is 10.8. The molecule has 1 heterocycles. The number of carbonyl (C=O) groups is 1. The lowest BCUT2D eigenvalue weighted by atomic mass is 9.76. The first kappa shape index (κ1) is 11.4. The molecular weight excluding hydrogens is 192 g/mol. The van der Waals surface area contributed by atoms with E-state index in [0.29, 0.717) is 13.1 Å². The molecule has 0 bridgehead atoms. The van der Waals surface area contributed by atoms with E-state index in [2.05, 4.69) is 0 Å². The molecular formula is C9H15F2NO2. The first-order chi connectivity index (χ1) is 6.46. The zero-order valence-corrected chi connectivity index (χ0v) is 8.17. The Bertz CT molecular complexity index is 213. The average molecular weight is 207 g/mol. The molecule has 14 heavy (non-hydrogen) atoms. The second-order valence-electron chi connectivity index (χ2n) is 4.04. The Morgan fingerprint density at radius 1 is 1.50 bits per heavy atom. The highest BCUT2D eigenvalue weighted by Crippen LogP contribution is 2.40. The molecule has 0 aromatic rings. The van der Waals surface area contributed by atoms with Crippen LogP contribution in [0.1, 0.15) is 19.3 Å². The normalized spacial score (nSPS) is 22.6. The third-order valence-electron chi connectivity index (χ3n) is 2.95. The fourth-order valence-corrected chi connectivity index (χ4v) is 1.84. The van der Waals surface area contributed by atoms with Gasteiger partial charge in [-0.15, -0.1) is 0 Å². The fourth-order valence-electron chi connectivity index (χ4n) is 1.84. The number of halogens is 2. The van der Waals surface area contributed by atoms with E-state index in [9.17, 15) is 13.6 Å². The number of carboxylic acid groups (broad SMARTS) is 1. The predicted molar refractivity (Wildman–Crippen MR) is 47.4 cm³/mol. The van der Waals surface area contributed by atoms with Crippen molar-refractivity contribution >= 4 is 5.97 Å². The van der Waals surface area contributed by atoms with Crippen molar-refractivity contribution in [1.82, 2.24) is 4.90 Å². The number of hydrogen-bond acceptors (Lipinski definition) is 2. The van der Waals surface area contributed by atoms with Crippen LogP contribution < -0.4 is 0 Å². The van der Waals surface area contributed by atoms with E-state index in [4.69, 9.17) is 5.11 Å². The Morgan fingerprint density at radius 2 is 2.00 bits per heavy atom. The highest BCUT2D eigenvalue weighted by atomic mass is 19.3. The third kappa shape index (κ3) is 2.41. The monoisotopic (exact) mass is 207 g/mol. The molecule has 1 saturated heterocycles. The van der Waals surface area contributed by atoms with Gasteiger partial charge in [0.1, 0.15) is 0 Å². The second-order valence-corrected chi connectivity index (χ2v) is 4.04. The number of rotatable bonds is 3. The van der Waals surface area contributed by atoms with Crippen molar-refractivity contribution in [2.75, 3.05) is 20.1 Å². The summed E-state index contributed by atoms with van der Waals surface area (Å²) in [5, 5.41) is 8.60. The van der Waals surface area contributed by atoms with Crippen molar-refractivity contribution in [2.45, 2.75) is 25.7 Å². The number of aliphatic carboxylic acids is 1. The molecule has 0 unspecified atom stereocenters. The molecule has 0 aliphatic carbocycles. The van der Waals surface area contributed by atoms with Crippen LogP contribution in [0.15, 0.2) is 0 Å². The standard InChI is InChI=1S/C9H15F2NO2/c1-12-4-2-9(3-5-12,8(10)11)6-7(13)14/h8H,2-6H2,1H3,(H,13,14). The molecule has 1 aliphatic heterocycles. The molecule has 5 heteroatoms. The van der Waals surface area contributed by atoms with Crippen LogP contribution in [0.3, 0.4) is 0 Å². The molecule has 0 amide bonds. The second kappa shape index (κ2) is 4.21. The van der Waals surface area contributed by atoms with Gasteiger partial charge in [-0.1, -0.05) is 0 Å². The van der Waals surface area contributed by atoms with E-state index >= 15 is 0 Å². The molecule has 0 aromatic carbocycles. The minimum atomic E-state index is -2.53. The molecule has 0 saturated carbocycles. The maximum absolute atomic E-state index is 12.8. The van der Waals surface area contributed by atoms with Crippen LogP contribution in [0, 0.1) is 5.41 Å². The smallest absolute Gasteiger partial charge is 0.304 e. The molecule has 1 rings (SSSR count). The summed E-state index contributed by atoms with van der Waals surface area (Å²) in [5.41, 5.74) is -1.29. The quantitative estimate of drug-likeness (QED) is 0.761. The number of likely N-dealkylation sites (tertiary alicyclic amines) is 1. The van der Waals surface area contributed by atoms with Crippen molar-refractivity contribution in [3.8, 4) is 0 Å². The van der Waals surface area contributed by atoms with Gasteiger partial charge in [0, 0.05) is 5.41 Å². The van der Waals surface area contributed by atoms with Gasteiger partial charge in [-0.2, -0.15) is 0 Å². The molecule has 3 nitrogen and oxygen atoms in total. The van der Waals surface area contributed by atoms with Crippen molar-refractivity contribution in [1.29, 1.82) is 0 Å². The Hall–Kier alpha value is -0.710. The molecule has 82 valence electrons. The van der Waals surface area contributed by atoms with Gasteiger partial charge in [0.25, 0.3) is 0 Å². The Morgan fingerprint density at radius 3 is 2.36 bits per heavy atom. The van der Waals surface area contributed by atoms with Crippen LogP contribution in [0.25, 0.3) is 0 Å². The molecule has 1 N–H and O–H groups in total. The number of nitrogens with zero attached hydrogens (tertiary/aromatic N) is 1. The molecule has 0 radical (unpaired) electrons. The van der Waals surface area contributed by atoms with Gasteiger partial charge in [-0.25, -0.2) is 8.78 Å². The van der Waals surface area contributed by atoms with E-state index in [1.807, 2.05) is 11.9 Å². The summed E-state index contributed by atoms with van der Waals surface area (Å²) in [6, 6.07) is 0. The fraction of sp³-hybridized carbons (Fsp3) is 0.889. The maximum atomic E-state index is 12.8. The summed E-state index contributed by atoms with van der Waals surface area (Å²) in [6.45, 7) is 1.11. The van der Waals surface area contributed by atoms with Gasteiger partial charge in [-0.3, -0.25) is 4.79 Å². The minimum absolute atomic E-state index is 0.271. The predicted octanol–water partition coefficient (Wildman–Crippen LogP) is 1.44. The van der Waals surface area contributed by atoms with Gasteiger partial charge in [0.2, 0.25) is 6.43 Å². The molecule has 0 atom stereocenters. The van der Waals surface area contributed by atoms with Crippen LogP contribution in [0.2, 0.25) is 0 Å². The van der Waals surface area contributed by atoms with Crippen LogP contribution in [0.4, 0.5) is 8.78 Å². The largest absolute Gasteiger partial charge is 0.481 e. The SMILES string of the molecule is CN1CCC(CC(=O)O)(C(F)F)CC1. The summed E-state index contributed by atoms with van der Waals surface area (Å²) in [6.07, 6.45) is -2.41. The molecule has 1 aliphatic rings. The van der Waals surface area contributed by atoms with Crippen LogP contribution in [-0.2, 0) is 4.79 Å². The molecule has 0 aromatic heterocycles. The summed E-state index contributed by atoms with van der Waals surface area (Å²) in [5.74, 6) is -1.13. The van der Waals surface area contributed by atoms with Crippen molar-refractivity contribution in [3.05, 3.63) is 0 Å². The number of carboxylic acids is 1. The highest BCUT2D eigenvalue weighted by Gasteiger charge is 2.43. The minimum Gasteiger partial charge on any atom is -0.481 e. The Kier molecular flexibility index (Phi) is 3.42.